The average Bonchev–Trinajstić information content (AvgIpc) is 2.43. The van der Waals surface area contributed by atoms with E-state index in [9.17, 15) is 9.59 Å². The first kappa shape index (κ1) is 19.2. The number of aliphatic imine (C=N–C) groups is 1. The number of carbonyl (C=O) groups excluding carboxylic acids is 1. The van der Waals surface area contributed by atoms with Gasteiger partial charge in [0.05, 0.1) is 6.34 Å². The number of rotatable bonds is 7. The topological polar surface area (TPSA) is 76.8 Å². The van der Waals surface area contributed by atoms with Crippen LogP contribution in [-0.4, -0.2) is 55.7 Å². The third-order valence-corrected chi connectivity index (χ3v) is 4.68. The minimum atomic E-state index is -1.15. The van der Waals surface area contributed by atoms with E-state index in [0.29, 0.717) is 12.2 Å². The minimum Gasteiger partial charge on any atom is -0.369 e. The van der Waals surface area contributed by atoms with E-state index in [1.807, 2.05) is 0 Å². The molecule has 0 aliphatic heterocycles. The lowest BCUT2D eigenvalue weighted by molar-refractivity contribution is 0.0759. The molecular weight excluding hydrogens is 312 g/mol. The van der Waals surface area contributed by atoms with Crippen LogP contribution in [0, 0.1) is 6.92 Å². The second kappa shape index (κ2) is 8.16. The quantitative estimate of drug-likeness (QED) is 0.327. The molecule has 8 heteroatoms. The molecule has 0 fully saturated rings. The van der Waals surface area contributed by atoms with E-state index >= 15 is 0 Å². The molecule has 0 bridgehead atoms. The summed E-state index contributed by atoms with van der Waals surface area (Å²) in [7, 11) is 2.33. The molecule has 0 saturated heterocycles. The number of aryl methyl sites for hydroxylation is 1. The van der Waals surface area contributed by atoms with Crippen molar-refractivity contribution in [2.75, 3.05) is 20.7 Å². The van der Waals surface area contributed by atoms with Gasteiger partial charge in [0.15, 0.2) is 5.69 Å². The summed E-state index contributed by atoms with van der Waals surface area (Å²) in [5.74, 6) is -0.650. The minimum absolute atomic E-state index is 0.183. The predicted octanol–water partition coefficient (Wildman–Crippen LogP) is 1.59. The molecule has 0 aliphatic rings. The van der Waals surface area contributed by atoms with Crippen molar-refractivity contribution in [3.05, 3.63) is 27.7 Å². The highest BCUT2D eigenvalue weighted by atomic mass is 28.3. The fraction of sp³-hybridized carbons (Fsp3) is 0.600. The van der Waals surface area contributed by atoms with Gasteiger partial charge in [-0.2, -0.15) is 10.1 Å². The normalized spacial score (nSPS) is 11.9. The number of aromatic nitrogens is 2. The third-order valence-electron chi connectivity index (χ3n) is 2.97. The molecule has 0 aliphatic carbocycles. The second-order valence-electron chi connectivity index (χ2n) is 6.89. The highest BCUT2D eigenvalue weighted by molar-refractivity contribution is 6.76. The van der Waals surface area contributed by atoms with Gasteiger partial charge >= 0.3 is 5.91 Å². The standard InChI is InChI=1S/C15H26N4O3Si/c1-12-9-19(11-22-7-8-23(4,5)6)17-13(14(12)20)15(21)16-10-18(2)3/h9-10H,7-8,11H2,1-6H3. The van der Waals surface area contributed by atoms with Gasteiger partial charge in [-0.3, -0.25) is 9.59 Å². The van der Waals surface area contributed by atoms with Gasteiger partial charge < -0.3 is 9.64 Å². The number of hydrogen-bond donors (Lipinski definition) is 0. The Balaban J connectivity index is 2.84. The van der Waals surface area contributed by atoms with Gasteiger partial charge in [-0.15, -0.1) is 0 Å². The van der Waals surface area contributed by atoms with Crippen LogP contribution in [0.2, 0.25) is 25.7 Å². The summed E-state index contributed by atoms with van der Waals surface area (Å²) in [5, 5.41) is 4.05. The SMILES string of the molecule is Cc1cn(COCC[Si](C)(C)C)nc(C(=O)N=CN(C)C)c1=O. The molecule has 0 atom stereocenters. The molecule has 1 rings (SSSR count). The van der Waals surface area contributed by atoms with Crippen molar-refractivity contribution >= 4 is 20.3 Å². The van der Waals surface area contributed by atoms with Gasteiger partial charge in [0.25, 0.3) is 0 Å². The molecule has 0 aromatic carbocycles. The number of nitrogens with zero attached hydrogens (tertiary/aromatic N) is 4. The van der Waals surface area contributed by atoms with Crippen LogP contribution in [0.3, 0.4) is 0 Å². The third kappa shape index (κ3) is 6.87. The molecule has 1 aromatic rings. The average molecular weight is 338 g/mol. The van der Waals surface area contributed by atoms with Crippen LogP contribution in [0.4, 0.5) is 0 Å². The number of amides is 1. The number of ether oxygens (including phenoxy) is 1. The van der Waals surface area contributed by atoms with E-state index in [1.54, 1.807) is 32.1 Å². The molecule has 7 nitrogen and oxygen atoms in total. The van der Waals surface area contributed by atoms with Gasteiger partial charge in [-0.25, -0.2) is 4.68 Å². The molecule has 1 heterocycles. The zero-order valence-corrected chi connectivity index (χ0v) is 15.8. The van der Waals surface area contributed by atoms with E-state index in [2.05, 4.69) is 29.7 Å². The molecule has 1 amide bonds. The summed E-state index contributed by atoms with van der Waals surface area (Å²) in [4.78, 5) is 29.4. The maximum absolute atomic E-state index is 12.0. The van der Waals surface area contributed by atoms with Gasteiger partial charge in [-0.1, -0.05) is 19.6 Å². The molecular formula is C15H26N4O3Si. The van der Waals surface area contributed by atoms with E-state index in [4.69, 9.17) is 4.74 Å². The van der Waals surface area contributed by atoms with Crippen molar-refractivity contribution in [1.82, 2.24) is 14.7 Å². The summed E-state index contributed by atoms with van der Waals surface area (Å²) in [6.45, 7) is 9.33. The van der Waals surface area contributed by atoms with Crippen LogP contribution in [-0.2, 0) is 11.5 Å². The Hall–Kier alpha value is -1.80. The monoisotopic (exact) mass is 338 g/mol. The molecule has 0 radical (unpaired) electrons. The van der Waals surface area contributed by atoms with Crippen LogP contribution in [0.1, 0.15) is 16.1 Å². The molecule has 23 heavy (non-hydrogen) atoms. The predicted molar refractivity (Wildman–Crippen MR) is 93.8 cm³/mol. The largest absolute Gasteiger partial charge is 0.369 e. The Morgan fingerprint density at radius 3 is 2.65 bits per heavy atom. The Bertz CT molecular complexity index is 633. The van der Waals surface area contributed by atoms with E-state index in [1.165, 1.54) is 11.0 Å². The van der Waals surface area contributed by atoms with Crippen LogP contribution in [0.5, 0.6) is 0 Å². The van der Waals surface area contributed by atoms with Crippen molar-refractivity contribution in [2.45, 2.75) is 39.3 Å². The van der Waals surface area contributed by atoms with Crippen molar-refractivity contribution in [3.8, 4) is 0 Å². The summed E-state index contributed by atoms with van der Waals surface area (Å²) < 4.78 is 7.07. The Labute approximate surface area is 138 Å². The highest BCUT2D eigenvalue weighted by Crippen LogP contribution is 2.07. The summed E-state index contributed by atoms with van der Waals surface area (Å²) in [6.07, 6.45) is 2.93. The Morgan fingerprint density at radius 2 is 2.09 bits per heavy atom. The van der Waals surface area contributed by atoms with Gasteiger partial charge in [0.1, 0.15) is 6.73 Å². The van der Waals surface area contributed by atoms with Crippen LogP contribution < -0.4 is 5.43 Å². The Morgan fingerprint density at radius 1 is 1.43 bits per heavy atom. The number of hydrogen-bond acceptors (Lipinski definition) is 4. The van der Waals surface area contributed by atoms with Crippen LogP contribution in [0.15, 0.2) is 16.0 Å². The molecule has 0 spiro atoms. The lowest BCUT2D eigenvalue weighted by atomic mass is 10.2. The number of carbonyl (C=O) groups is 1. The first-order valence-corrected chi connectivity index (χ1v) is 11.2. The smallest absolute Gasteiger partial charge is 0.302 e. The fourth-order valence-corrected chi connectivity index (χ4v) is 2.40. The van der Waals surface area contributed by atoms with E-state index < -0.39 is 19.4 Å². The molecule has 0 saturated carbocycles. The lowest BCUT2D eigenvalue weighted by Crippen LogP contribution is -2.25. The zero-order valence-electron chi connectivity index (χ0n) is 14.8. The van der Waals surface area contributed by atoms with Gasteiger partial charge in [-0.05, 0) is 13.0 Å². The lowest BCUT2D eigenvalue weighted by Gasteiger charge is -2.15. The van der Waals surface area contributed by atoms with Gasteiger partial charge in [0.2, 0.25) is 5.43 Å². The van der Waals surface area contributed by atoms with Crippen molar-refractivity contribution in [1.29, 1.82) is 0 Å². The van der Waals surface area contributed by atoms with Crippen molar-refractivity contribution in [3.63, 3.8) is 0 Å². The molecule has 128 valence electrons. The van der Waals surface area contributed by atoms with Crippen LogP contribution in [0.25, 0.3) is 0 Å². The first-order valence-electron chi connectivity index (χ1n) is 7.51. The first-order chi connectivity index (χ1) is 10.6. The molecule has 0 N–H and O–H groups in total. The van der Waals surface area contributed by atoms with Gasteiger partial charge in [0, 0.05) is 40.5 Å². The molecule has 0 unspecified atom stereocenters. The zero-order chi connectivity index (χ0) is 17.6. The maximum atomic E-state index is 12.0. The maximum Gasteiger partial charge on any atom is 0.302 e. The van der Waals surface area contributed by atoms with Crippen LogP contribution >= 0.6 is 0 Å². The second-order valence-corrected chi connectivity index (χ2v) is 12.5. The van der Waals surface area contributed by atoms with E-state index in [-0.39, 0.29) is 12.4 Å². The van der Waals surface area contributed by atoms with Crippen molar-refractivity contribution < 1.29 is 9.53 Å². The summed E-state index contributed by atoms with van der Waals surface area (Å²) >= 11 is 0. The fourth-order valence-electron chi connectivity index (χ4n) is 1.64. The summed E-state index contributed by atoms with van der Waals surface area (Å²) in [5.41, 5.74) is -0.140. The van der Waals surface area contributed by atoms with E-state index in [0.717, 1.165) is 6.04 Å². The van der Waals surface area contributed by atoms with Crippen molar-refractivity contribution in [2.24, 2.45) is 4.99 Å². The molecule has 1 aromatic heterocycles. The highest BCUT2D eigenvalue weighted by Gasteiger charge is 2.15. The summed E-state index contributed by atoms with van der Waals surface area (Å²) in [6, 6.07) is 1.05. The Kier molecular flexibility index (Phi) is 6.83.